The second kappa shape index (κ2) is 6.28. The zero-order valence-electron chi connectivity index (χ0n) is 9.95. The lowest BCUT2D eigenvalue weighted by Crippen LogP contribution is -1.98. The summed E-state index contributed by atoms with van der Waals surface area (Å²) in [5.41, 5.74) is 0.740. The molecule has 2 rings (SSSR count). The van der Waals surface area contributed by atoms with E-state index < -0.39 is 0 Å². The molecule has 1 N–H and O–H groups in total. The number of halogens is 3. The number of hydrogen-bond acceptors (Lipinski definition) is 4. The van der Waals surface area contributed by atoms with Crippen molar-refractivity contribution in [2.24, 2.45) is 0 Å². The van der Waals surface area contributed by atoms with Crippen molar-refractivity contribution in [1.29, 1.82) is 0 Å². The van der Waals surface area contributed by atoms with Crippen molar-refractivity contribution in [1.82, 2.24) is 9.97 Å². The van der Waals surface area contributed by atoms with Gasteiger partial charge in [-0.1, -0.05) is 23.2 Å². The Morgan fingerprint density at radius 3 is 2.74 bits per heavy atom. The highest BCUT2D eigenvalue weighted by Crippen LogP contribution is 2.30. The highest BCUT2D eigenvalue weighted by atomic mass is 35.5. The van der Waals surface area contributed by atoms with E-state index in [9.17, 15) is 0 Å². The van der Waals surface area contributed by atoms with Gasteiger partial charge in [0.05, 0.1) is 17.8 Å². The van der Waals surface area contributed by atoms with Gasteiger partial charge in [0.1, 0.15) is 10.8 Å². The Labute approximate surface area is 125 Å². The minimum absolute atomic E-state index is 0.117. The summed E-state index contributed by atoms with van der Waals surface area (Å²) in [6.07, 6.45) is 1.43. The molecule has 19 heavy (non-hydrogen) atoms. The molecule has 1 aromatic carbocycles. The summed E-state index contributed by atoms with van der Waals surface area (Å²) in [5.74, 6) is 1.01. The Balaban J connectivity index is 2.28. The third-order valence-electron chi connectivity index (χ3n) is 2.21. The van der Waals surface area contributed by atoms with E-state index >= 15 is 0 Å². The molecule has 0 amide bonds. The fourth-order valence-corrected chi connectivity index (χ4v) is 1.86. The van der Waals surface area contributed by atoms with Crippen molar-refractivity contribution in [3.05, 3.63) is 39.7 Å². The van der Waals surface area contributed by atoms with Gasteiger partial charge in [0.25, 0.3) is 0 Å². The van der Waals surface area contributed by atoms with Gasteiger partial charge in [0.15, 0.2) is 5.82 Å². The maximum atomic E-state index is 6.01. The molecular formula is C12H10Cl3N3O. The number of benzene rings is 1. The molecule has 0 unspecified atom stereocenters. The highest BCUT2D eigenvalue weighted by Gasteiger charge is 2.07. The fraction of sp³-hybridized carbons (Fsp3) is 0.167. The van der Waals surface area contributed by atoms with Crippen molar-refractivity contribution < 1.29 is 4.74 Å². The number of nitrogens with zero attached hydrogens (tertiary/aromatic N) is 2. The van der Waals surface area contributed by atoms with Gasteiger partial charge in [-0.3, -0.25) is 0 Å². The molecule has 1 heterocycles. The van der Waals surface area contributed by atoms with E-state index in [2.05, 4.69) is 15.3 Å². The Morgan fingerprint density at radius 1 is 1.21 bits per heavy atom. The van der Waals surface area contributed by atoms with Crippen LogP contribution in [-0.2, 0) is 0 Å². The average molecular weight is 319 g/mol. The van der Waals surface area contributed by atoms with E-state index in [-0.39, 0.29) is 5.28 Å². The molecule has 0 saturated carbocycles. The summed E-state index contributed by atoms with van der Waals surface area (Å²) in [7, 11) is 0. The van der Waals surface area contributed by atoms with Crippen molar-refractivity contribution in [3.63, 3.8) is 0 Å². The topological polar surface area (TPSA) is 47.0 Å². The van der Waals surface area contributed by atoms with Gasteiger partial charge in [0, 0.05) is 11.8 Å². The third-order valence-corrected chi connectivity index (χ3v) is 2.98. The average Bonchev–Trinajstić information content (AvgIpc) is 2.38. The van der Waals surface area contributed by atoms with Crippen molar-refractivity contribution >= 4 is 46.3 Å². The largest absolute Gasteiger partial charge is 0.492 e. The lowest BCUT2D eigenvalue weighted by Gasteiger charge is -2.10. The maximum absolute atomic E-state index is 6.01. The quantitative estimate of drug-likeness (QED) is 0.838. The monoisotopic (exact) mass is 317 g/mol. The summed E-state index contributed by atoms with van der Waals surface area (Å²) >= 11 is 17.7. The lowest BCUT2D eigenvalue weighted by atomic mass is 10.3. The van der Waals surface area contributed by atoms with E-state index in [0.29, 0.717) is 28.2 Å². The van der Waals surface area contributed by atoms with Crippen molar-refractivity contribution in [2.45, 2.75) is 6.92 Å². The standard InChI is InChI=1S/C12H10Cl3N3O/c1-2-19-10-5-7(3-4-8(10)13)17-11-9(14)6-16-12(15)18-11/h3-6H,2H2,1H3,(H,16,17,18). The van der Waals surface area contributed by atoms with E-state index in [4.69, 9.17) is 39.5 Å². The van der Waals surface area contributed by atoms with Gasteiger partial charge in [-0.05, 0) is 30.7 Å². The molecule has 100 valence electrons. The van der Waals surface area contributed by atoms with Crippen LogP contribution in [0.25, 0.3) is 0 Å². The predicted molar refractivity (Wildman–Crippen MR) is 78.0 cm³/mol. The summed E-state index contributed by atoms with van der Waals surface area (Å²) in [5, 5.41) is 4.06. The smallest absolute Gasteiger partial charge is 0.224 e. The molecule has 4 nitrogen and oxygen atoms in total. The molecule has 1 aromatic heterocycles. The van der Waals surface area contributed by atoms with Gasteiger partial charge >= 0.3 is 0 Å². The lowest BCUT2D eigenvalue weighted by molar-refractivity contribution is 0.340. The summed E-state index contributed by atoms with van der Waals surface area (Å²) in [4.78, 5) is 7.78. The molecule has 2 aromatic rings. The van der Waals surface area contributed by atoms with E-state index in [1.54, 1.807) is 18.2 Å². The van der Waals surface area contributed by atoms with Crippen LogP contribution in [0.1, 0.15) is 6.92 Å². The maximum Gasteiger partial charge on any atom is 0.224 e. The Hall–Kier alpha value is -1.23. The molecule has 0 spiro atoms. The van der Waals surface area contributed by atoms with Crippen molar-refractivity contribution in [2.75, 3.05) is 11.9 Å². The summed E-state index contributed by atoms with van der Waals surface area (Å²) in [6, 6.07) is 5.28. The molecular weight excluding hydrogens is 309 g/mol. The van der Waals surface area contributed by atoms with Crippen LogP contribution in [0.15, 0.2) is 24.4 Å². The fourth-order valence-electron chi connectivity index (χ4n) is 1.42. The molecule has 0 atom stereocenters. The summed E-state index contributed by atoms with van der Waals surface area (Å²) in [6.45, 7) is 2.42. The molecule has 0 aliphatic rings. The SMILES string of the molecule is CCOc1cc(Nc2nc(Cl)ncc2Cl)ccc1Cl. The third kappa shape index (κ3) is 3.62. The van der Waals surface area contributed by atoms with Gasteiger partial charge in [-0.25, -0.2) is 4.98 Å². The van der Waals surface area contributed by atoms with E-state index in [1.165, 1.54) is 6.20 Å². The normalized spacial score (nSPS) is 10.3. The Kier molecular flexibility index (Phi) is 4.69. The predicted octanol–water partition coefficient (Wildman–Crippen LogP) is 4.58. The molecule has 0 saturated heterocycles. The minimum Gasteiger partial charge on any atom is -0.492 e. The molecule has 0 fully saturated rings. The first kappa shape index (κ1) is 14.2. The van der Waals surface area contributed by atoms with E-state index in [1.807, 2.05) is 6.92 Å². The summed E-state index contributed by atoms with van der Waals surface area (Å²) < 4.78 is 5.41. The molecule has 0 radical (unpaired) electrons. The number of rotatable bonds is 4. The minimum atomic E-state index is 0.117. The van der Waals surface area contributed by atoms with E-state index in [0.717, 1.165) is 5.69 Å². The van der Waals surface area contributed by atoms with Crippen LogP contribution in [0, 0.1) is 0 Å². The van der Waals surface area contributed by atoms with Gasteiger partial charge < -0.3 is 10.1 Å². The first-order chi connectivity index (χ1) is 9.10. The number of nitrogens with one attached hydrogen (secondary N) is 1. The van der Waals surface area contributed by atoms with Crippen LogP contribution in [0.5, 0.6) is 5.75 Å². The van der Waals surface area contributed by atoms with Crippen LogP contribution < -0.4 is 10.1 Å². The second-order valence-corrected chi connectivity index (χ2v) is 4.69. The highest BCUT2D eigenvalue weighted by molar-refractivity contribution is 6.33. The van der Waals surface area contributed by atoms with Crippen LogP contribution >= 0.6 is 34.8 Å². The Bertz CT molecular complexity index is 592. The van der Waals surface area contributed by atoms with Gasteiger partial charge in [-0.15, -0.1) is 0 Å². The van der Waals surface area contributed by atoms with Crippen LogP contribution in [0.4, 0.5) is 11.5 Å². The molecule has 0 bridgehead atoms. The van der Waals surface area contributed by atoms with Gasteiger partial charge in [0.2, 0.25) is 5.28 Å². The Morgan fingerprint density at radius 2 is 2.00 bits per heavy atom. The number of hydrogen-bond donors (Lipinski definition) is 1. The second-order valence-electron chi connectivity index (χ2n) is 3.54. The molecule has 0 aliphatic carbocycles. The molecule has 7 heteroatoms. The number of anilines is 2. The van der Waals surface area contributed by atoms with Crippen molar-refractivity contribution in [3.8, 4) is 5.75 Å². The first-order valence-corrected chi connectivity index (χ1v) is 6.61. The zero-order chi connectivity index (χ0) is 13.8. The van der Waals surface area contributed by atoms with Crippen LogP contribution in [0.3, 0.4) is 0 Å². The van der Waals surface area contributed by atoms with Crippen LogP contribution in [0.2, 0.25) is 15.3 Å². The van der Waals surface area contributed by atoms with Gasteiger partial charge in [-0.2, -0.15) is 4.98 Å². The molecule has 0 aliphatic heterocycles. The zero-order valence-corrected chi connectivity index (χ0v) is 12.2. The number of aromatic nitrogens is 2. The first-order valence-electron chi connectivity index (χ1n) is 5.47. The number of ether oxygens (including phenoxy) is 1. The van der Waals surface area contributed by atoms with Crippen LogP contribution in [-0.4, -0.2) is 16.6 Å².